The molecule has 0 bridgehead atoms. The van der Waals surface area contributed by atoms with Crippen LogP contribution in [0.3, 0.4) is 0 Å². The predicted octanol–water partition coefficient (Wildman–Crippen LogP) is 0.917. The van der Waals surface area contributed by atoms with E-state index in [1.807, 2.05) is 35.4 Å². The van der Waals surface area contributed by atoms with Gasteiger partial charge in [0, 0.05) is 74.7 Å². The number of nitrogens with two attached hydrogens (primary N) is 1. The summed E-state index contributed by atoms with van der Waals surface area (Å²) in [6, 6.07) is 6.82. The van der Waals surface area contributed by atoms with Gasteiger partial charge in [0.1, 0.15) is 18.1 Å². The highest BCUT2D eigenvalue weighted by Gasteiger charge is 2.37. The molecule has 6 N–H and O–H groups in total. The van der Waals surface area contributed by atoms with E-state index < -0.39 is 11.9 Å². The number of aryl methyl sites for hydroxylation is 1. The molecule has 14 nitrogen and oxygen atoms in total. The van der Waals surface area contributed by atoms with E-state index >= 15 is 0 Å². The topological polar surface area (TPSA) is 191 Å². The van der Waals surface area contributed by atoms with E-state index in [1.165, 1.54) is 18.6 Å². The van der Waals surface area contributed by atoms with Gasteiger partial charge in [-0.15, -0.1) is 0 Å². The summed E-state index contributed by atoms with van der Waals surface area (Å²) in [7, 11) is 0. The van der Waals surface area contributed by atoms with E-state index in [0.29, 0.717) is 13.0 Å². The van der Waals surface area contributed by atoms with E-state index in [0.717, 1.165) is 55.2 Å². The second kappa shape index (κ2) is 15.8. The first kappa shape index (κ1) is 32.4. The van der Waals surface area contributed by atoms with Crippen LogP contribution in [0.25, 0.3) is 10.9 Å². The highest BCUT2D eigenvalue weighted by atomic mass is 16.2. The van der Waals surface area contributed by atoms with Gasteiger partial charge < -0.3 is 36.6 Å². The largest absolute Gasteiger partial charge is 0.361 e. The fourth-order valence-corrected chi connectivity index (χ4v) is 5.89. The number of fused-ring (bicyclic) bond motifs is 1. The lowest BCUT2D eigenvalue weighted by Gasteiger charge is -2.31. The third kappa shape index (κ3) is 9.02. The molecule has 1 aliphatic heterocycles. The van der Waals surface area contributed by atoms with Crippen LogP contribution in [0.15, 0.2) is 54.2 Å². The highest BCUT2D eigenvalue weighted by molar-refractivity contribution is 5.93. The second-order valence-corrected chi connectivity index (χ2v) is 11.9. The Labute approximate surface area is 267 Å². The van der Waals surface area contributed by atoms with Crippen LogP contribution in [0.1, 0.15) is 54.6 Å². The highest BCUT2D eigenvalue weighted by Crippen LogP contribution is 2.27. The SMILES string of the molecule is NN=CN1CCC[C@@H](CNC(=O)C[C@H](NC(=O)CCc2c[nH]c3ccccc23)C(=O)N(CCNC(=O)c2cnccn2)C2CC2)C1. The number of hydrogen-bond donors (Lipinski definition) is 5. The molecule has 1 aromatic carbocycles. The van der Waals surface area contributed by atoms with Crippen molar-refractivity contribution in [2.75, 3.05) is 32.7 Å². The van der Waals surface area contributed by atoms with Crippen molar-refractivity contribution < 1.29 is 19.2 Å². The molecular formula is C32H42N10O4. The third-order valence-corrected chi connectivity index (χ3v) is 8.39. The molecule has 2 fully saturated rings. The first-order valence-corrected chi connectivity index (χ1v) is 15.8. The van der Waals surface area contributed by atoms with Crippen molar-refractivity contribution in [1.82, 2.24) is 40.7 Å². The molecule has 46 heavy (non-hydrogen) atoms. The summed E-state index contributed by atoms with van der Waals surface area (Å²) in [5, 5.41) is 13.3. The number of nitrogens with zero attached hydrogens (tertiary/aromatic N) is 5. The minimum atomic E-state index is -1.04. The molecule has 5 rings (SSSR count). The Kier molecular flexibility index (Phi) is 11.1. The van der Waals surface area contributed by atoms with Crippen LogP contribution in [0.4, 0.5) is 0 Å². The van der Waals surface area contributed by atoms with Crippen LogP contribution in [-0.4, -0.2) is 99.5 Å². The lowest BCUT2D eigenvalue weighted by Crippen LogP contribution is -2.53. The van der Waals surface area contributed by atoms with Gasteiger partial charge in [0.25, 0.3) is 5.91 Å². The molecule has 1 aliphatic carbocycles. The van der Waals surface area contributed by atoms with Crippen LogP contribution in [0, 0.1) is 5.92 Å². The molecule has 1 saturated carbocycles. The average molecular weight is 631 g/mol. The molecule has 2 aliphatic rings. The minimum absolute atomic E-state index is 0.00738. The van der Waals surface area contributed by atoms with Gasteiger partial charge in [-0.3, -0.25) is 24.2 Å². The molecule has 0 unspecified atom stereocenters. The number of hydrazone groups is 1. The van der Waals surface area contributed by atoms with Crippen LogP contribution in [0.5, 0.6) is 0 Å². The zero-order valence-corrected chi connectivity index (χ0v) is 25.9. The van der Waals surface area contributed by atoms with Crippen molar-refractivity contribution in [1.29, 1.82) is 0 Å². The number of rotatable bonds is 15. The van der Waals surface area contributed by atoms with Crippen LogP contribution >= 0.6 is 0 Å². The number of nitrogens with one attached hydrogen (secondary N) is 4. The molecule has 0 radical (unpaired) electrons. The lowest BCUT2D eigenvalue weighted by atomic mass is 9.98. The van der Waals surface area contributed by atoms with Crippen molar-refractivity contribution in [3.05, 3.63) is 60.3 Å². The lowest BCUT2D eigenvalue weighted by molar-refractivity contribution is -0.139. The number of likely N-dealkylation sites (tertiary alicyclic amines) is 1. The Morgan fingerprint density at radius 3 is 2.76 bits per heavy atom. The number of benzene rings is 1. The summed E-state index contributed by atoms with van der Waals surface area (Å²) < 4.78 is 0. The van der Waals surface area contributed by atoms with Crippen LogP contribution < -0.4 is 21.8 Å². The zero-order valence-electron chi connectivity index (χ0n) is 25.9. The number of para-hydroxylation sites is 1. The number of aromatic amines is 1. The van der Waals surface area contributed by atoms with Crippen molar-refractivity contribution in [3.8, 4) is 0 Å². The first-order chi connectivity index (χ1) is 22.4. The number of piperidine rings is 1. The fraction of sp³-hybridized carbons (Fsp3) is 0.469. The Bertz CT molecular complexity index is 1520. The molecule has 14 heteroatoms. The number of aromatic nitrogens is 3. The van der Waals surface area contributed by atoms with Gasteiger partial charge in [-0.2, -0.15) is 5.10 Å². The number of hydrogen-bond acceptors (Lipinski definition) is 8. The summed E-state index contributed by atoms with van der Waals surface area (Å²) in [6.07, 6.45) is 11.8. The maximum Gasteiger partial charge on any atom is 0.271 e. The normalized spacial score (nSPS) is 17.0. The molecule has 0 spiro atoms. The van der Waals surface area contributed by atoms with Crippen molar-refractivity contribution in [2.24, 2.45) is 16.9 Å². The zero-order chi connectivity index (χ0) is 32.3. The smallest absolute Gasteiger partial charge is 0.271 e. The Balaban J connectivity index is 1.21. The summed E-state index contributed by atoms with van der Waals surface area (Å²) in [4.78, 5) is 67.6. The van der Waals surface area contributed by atoms with Gasteiger partial charge in [-0.1, -0.05) is 18.2 Å². The van der Waals surface area contributed by atoms with E-state index in [-0.39, 0.29) is 61.3 Å². The van der Waals surface area contributed by atoms with Gasteiger partial charge in [-0.25, -0.2) is 4.98 Å². The van der Waals surface area contributed by atoms with E-state index in [2.05, 4.69) is 36.0 Å². The molecule has 2 atom stereocenters. The Morgan fingerprint density at radius 2 is 1.98 bits per heavy atom. The van der Waals surface area contributed by atoms with Gasteiger partial charge in [-0.05, 0) is 49.7 Å². The quantitative estimate of drug-likeness (QED) is 0.0709. The summed E-state index contributed by atoms with van der Waals surface area (Å²) in [5.41, 5.74) is 2.18. The van der Waals surface area contributed by atoms with Gasteiger partial charge in [0.15, 0.2) is 0 Å². The van der Waals surface area contributed by atoms with Gasteiger partial charge in [0.05, 0.1) is 12.6 Å². The standard InChI is InChI=1S/C32H42N10O4/c33-39-21-41-14-3-4-22(20-41)17-38-30(44)16-27(40-29(43)10-7-23-18-37-26-6-2-1-5-25(23)26)32(46)42(24-8-9-24)15-13-36-31(45)28-19-34-11-12-35-28/h1-2,5-6,11-12,18-19,21-22,24,27,37H,3-4,7-10,13-17,20,33H2,(H,36,45)(H,38,44)(H,40,43)/t22-,27-/m0/s1. The Morgan fingerprint density at radius 1 is 1.13 bits per heavy atom. The van der Waals surface area contributed by atoms with Crippen molar-refractivity contribution in [3.63, 3.8) is 0 Å². The molecule has 3 aromatic rings. The number of H-pyrrole nitrogens is 1. The first-order valence-electron chi connectivity index (χ1n) is 15.8. The summed E-state index contributed by atoms with van der Waals surface area (Å²) >= 11 is 0. The third-order valence-electron chi connectivity index (χ3n) is 8.39. The molecule has 4 amide bonds. The molecule has 1 saturated heterocycles. The van der Waals surface area contributed by atoms with Crippen molar-refractivity contribution >= 4 is 40.9 Å². The van der Waals surface area contributed by atoms with Gasteiger partial charge >= 0.3 is 0 Å². The second-order valence-electron chi connectivity index (χ2n) is 11.9. The van der Waals surface area contributed by atoms with Gasteiger partial charge in [0.2, 0.25) is 17.7 Å². The number of amides is 4. The van der Waals surface area contributed by atoms with Crippen LogP contribution in [0.2, 0.25) is 0 Å². The number of carbonyl (C=O) groups excluding carboxylic acids is 4. The summed E-state index contributed by atoms with van der Waals surface area (Å²) in [6.45, 7) is 2.46. The van der Waals surface area contributed by atoms with E-state index in [1.54, 1.807) is 11.2 Å². The average Bonchev–Trinajstić information content (AvgIpc) is 3.83. The molecule has 2 aromatic heterocycles. The van der Waals surface area contributed by atoms with E-state index in [4.69, 9.17) is 5.84 Å². The minimum Gasteiger partial charge on any atom is -0.361 e. The molecule has 3 heterocycles. The number of carbonyl (C=O) groups is 4. The maximum absolute atomic E-state index is 13.9. The Hall–Kier alpha value is -5.01. The predicted molar refractivity (Wildman–Crippen MR) is 172 cm³/mol. The fourth-order valence-electron chi connectivity index (χ4n) is 5.89. The van der Waals surface area contributed by atoms with Crippen LogP contribution in [-0.2, 0) is 20.8 Å². The van der Waals surface area contributed by atoms with Crippen molar-refractivity contribution in [2.45, 2.75) is 57.0 Å². The maximum atomic E-state index is 13.9. The molecule has 244 valence electrons. The monoisotopic (exact) mass is 630 g/mol. The summed E-state index contributed by atoms with van der Waals surface area (Å²) in [5.74, 6) is 4.17. The van der Waals surface area contributed by atoms with E-state index in [9.17, 15) is 19.2 Å². The molecular weight excluding hydrogens is 588 g/mol.